The second kappa shape index (κ2) is 4.63. The van der Waals surface area contributed by atoms with Crippen molar-refractivity contribution in [3.63, 3.8) is 0 Å². The van der Waals surface area contributed by atoms with Gasteiger partial charge in [0.2, 0.25) is 11.7 Å². The van der Waals surface area contributed by atoms with Gasteiger partial charge < -0.3 is 14.0 Å². The summed E-state index contributed by atoms with van der Waals surface area (Å²) in [4.78, 5) is 16.1. The van der Waals surface area contributed by atoms with Crippen molar-refractivity contribution in [2.24, 2.45) is 0 Å². The summed E-state index contributed by atoms with van der Waals surface area (Å²) in [6, 6.07) is 7.38. The highest BCUT2D eigenvalue weighted by molar-refractivity contribution is 5.85. The van der Waals surface area contributed by atoms with Crippen molar-refractivity contribution in [1.29, 1.82) is 0 Å². The highest BCUT2D eigenvalue weighted by Crippen LogP contribution is 2.48. The molecule has 1 aromatic carbocycles. The van der Waals surface area contributed by atoms with E-state index in [9.17, 15) is 4.79 Å². The van der Waals surface area contributed by atoms with Gasteiger partial charge in [-0.1, -0.05) is 17.3 Å². The van der Waals surface area contributed by atoms with Gasteiger partial charge in [-0.15, -0.1) is 0 Å². The molecular weight excluding hydrogens is 260 g/mol. The molecule has 20 heavy (non-hydrogen) atoms. The number of carbonyl (C=O) groups is 1. The highest BCUT2D eigenvalue weighted by atomic mass is 16.5. The van der Waals surface area contributed by atoms with Crippen molar-refractivity contribution in [3.8, 4) is 17.1 Å². The summed E-state index contributed by atoms with van der Waals surface area (Å²) in [5.74, 6) is 1.05. The smallest absolute Gasteiger partial charge is 0.321 e. The van der Waals surface area contributed by atoms with E-state index in [1.165, 1.54) is 7.11 Å². The van der Waals surface area contributed by atoms with Gasteiger partial charge in [-0.3, -0.25) is 4.79 Å². The quantitative estimate of drug-likeness (QED) is 0.793. The van der Waals surface area contributed by atoms with E-state index in [-0.39, 0.29) is 5.97 Å². The predicted molar refractivity (Wildman–Crippen MR) is 69.2 cm³/mol. The number of nitrogens with zero attached hydrogens (tertiary/aromatic N) is 2. The fourth-order valence-electron chi connectivity index (χ4n) is 2.18. The molecule has 3 rings (SSSR count). The zero-order valence-corrected chi connectivity index (χ0v) is 11.3. The van der Waals surface area contributed by atoms with Crippen molar-refractivity contribution in [3.05, 3.63) is 30.2 Å². The fourth-order valence-corrected chi connectivity index (χ4v) is 2.18. The standard InChI is InChI=1S/C14H14N2O4/c1-18-10-6-4-3-5-9(10)11-15-12(20-16-11)14(7-8-14)13(17)19-2/h3-6H,7-8H2,1-2H3. The van der Waals surface area contributed by atoms with Crippen molar-refractivity contribution in [2.45, 2.75) is 18.3 Å². The third kappa shape index (κ3) is 1.84. The Morgan fingerprint density at radius 3 is 2.70 bits per heavy atom. The number of rotatable bonds is 4. The first-order valence-electron chi connectivity index (χ1n) is 6.27. The Morgan fingerprint density at radius 2 is 2.05 bits per heavy atom. The Bertz CT molecular complexity index is 646. The number of aromatic nitrogens is 2. The molecule has 1 aliphatic rings. The van der Waals surface area contributed by atoms with E-state index in [2.05, 4.69) is 10.1 Å². The molecule has 0 N–H and O–H groups in total. The zero-order valence-electron chi connectivity index (χ0n) is 11.3. The van der Waals surface area contributed by atoms with Gasteiger partial charge >= 0.3 is 5.97 Å². The Hall–Kier alpha value is -2.37. The van der Waals surface area contributed by atoms with Crippen LogP contribution in [-0.2, 0) is 14.9 Å². The van der Waals surface area contributed by atoms with Crippen LogP contribution in [0, 0.1) is 0 Å². The summed E-state index contributed by atoms with van der Waals surface area (Å²) < 4.78 is 15.3. The van der Waals surface area contributed by atoms with Gasteiger partial charge in [0.05, 0.1) is 19.8 Å². The van der Waals surface area contributed by atoms with Crippen LogP contribution in [0.4, 0.5) is 0 Å². The van der Waals surface area contributed by atoms with E-state index >= 15 is 0 Å². The van der Waals surface area contributed by atoms with E-state index < -0.39 is 5.41 Å². The lowest BCUT2D eigenvalue weighted by Crippen LogP contribution is -2.22. The molecule has 2 aromatic rings. The average molecular weight is 274 g/mol. The van der Waals surface area contributed by atoms with Crippen molar-refractivity contribution >= 4 is 5.97 Å². The lowest BCUT2D eigenvalue weighted by molar-refractivity contribution is -0.144. The monoisotopic (exact) mass is 274 g/mol. The third-order valence-electron chi connectivity index (χ3n) is 3.51. The third-order valence-corrected chi connectivity index (χ3v) is 3.51. The molecule has 6 nitrogen and oxygen atoms in total. The van der Waals surface area contributed by atoms with Crippen molar-refractivity contribution in [1.82, 2.24) is 10.1 Å². The molecule has 1 saturated carbocycles. The zero-order chi connectivity index (χ0) is 14.2. The van der Waals surface area contributed by atoms with E-state index in [0.717, 1.165) is 5.56 Å². The first-order chi connectivity index (χ1) is 9.71. The fraction of sp³-hybridized carbons (Fsp3) is 0.357. The van der Waals surface area contributed by atoms with Gasteiger partial charge in [-0.2, -0.15) is 4.98 Å². The topological polar surface area (TPSA) is 74.5 Å². The second-order valence-corrected chi connectivity index (χ2v) is 4.70. The van der Waals surface area contributed by atoms with Gasteiger partial charge in [0.15, 0.2) is 0 Å². The van der Waals surface area contributed by atoms with Gasteiger partial charge in [-0.05, 0) is 25.0 Å². The molecule has 0 unspecified atom stereocenters. The number of hydrogen-bond donors (Lipinski definition) is 0. The lowest BCUT2D eigenvalue weighted by Gasteiger charge is -2.06. The molecule has 0 spiro atoms. The van der Waals surface area contributed by atoms with Crippen LogP contribution in [0.5, 0.6) is 5.75 Å². The van der Waals surface area contributed by atoms with Crippen LogP contribution in [-0.4, -0.2) is 30.3 Å². The Balaban J connectivity index is 1.97. The van der Waals surface area contributed by atoms with Crippen molar-refractivity contribution < 1.29 is 18.8 Å². The maximum atomic E-state index is 11.8. The molecular formula is C14H14N2O4. The predicted octanol–water partition coefficient (Wildman–Crippen LogP) is 1.95. The van der Waals surface area contributed by atoms with Crippen LogP contribution >= 0.6 is 0 Å². The highest BCUT2D eigenvalue weighted by Gasteiger charge is 2.57. The largest absolute Gasteiger partial charge is 0.496 e. The van der Waals surface area contributed by atoms with E-state index in [4.69, 9.17) is 14.0 Å². The Morgan fingerprint density at radius 1 is 1.30 bits per heavy atom. The first-order valence-corrected chi connectivity index (χ1v) is 6.27. The van der Waals surface area contributed by atoms with Crippen LogP contribution in [0.15, 0.2) is 28.8 Å². The molecule has 1 aliphatic carbocycles. The lowest BCUT2D eigenvalue weighted by atomic mass is 10.1. The normalized spacial score (nSPS) is 15.7. The number of para-hydroxylation sites is 1. The minimum absolute atomic E-state index is 0.310. The van der Waals surface area contributed by atoms with Crippen molar-refractivity contribution in [2.75, 3.05) is 14.2 Å². The first kappa shape index (κ1) is 12.7. The van der Waals surface area contributed by atoms with E-state index in [0.29, 0.717) is 30.3 Å². The summed E-state index contributed by atoms with van der Waals surface area (Å²) in [5.41, 5.74) is -0.0205. The minimum Gasteiger partial charge on any atom is -0.496 e. The van der Waals surface area contributed by atoms with Gasteiger partial charge in [0.25, 0.3) is 0 Å². The maximum Gasteiger partial charge on any atom is 0.321 e. The van der Waals surface area contributed by atoms with Crippen LogP contribution in [0.2, 0.25) is 0 Å². The Kier molecular flexibility index (Phi) is 2.93. The van der Waals surface area contributed by atoms with Crippen LogP contribution in [0.3, 0.4) is 0 Å². The summed E-state index contributed by atoms with van der Waals surface area (Å²) in [7, 11) is 2.94. The molecule has 0 aliphatic heterocycles. The molecule has 0 radical (unpaired) electrons. The van der Waals surface area contributed by atoms with Gasteiger partial charge in [0, 0.05) is 0 Å². The van der Waals surface area contributed by atoms with E-state index in [1.807, 2.05) is 24.3 Å². The molecule has 1 fully saturated rings. The molecule has 0 bridgehead atoms. The molecule has 1 heterocycles. The number of hydrogen-bond acceptors (Lipinski definition) is 6. The Labute approximate surface area is 115 Å². The summed E-state index contributed by atoms with van der Waals surface area (Å²) in [5, 5.41) is 3.94. The summed E-state index contributed by atoms with van der Waals surface area (Å²) in [6.45, 7) is 0. The number of carbonyl (C=O) groups excluding carboxylic acids is 1. The number of ether oxygens (including phenoxy) is 2. The van der Waals surface area contributed by atoms with Gasteiger partial charge in [-0.25, -0.2) is 0 Å². The molecule has 1 aromatic heterocycles. The van der Waals surface area contributed by atoms with Gasteiger partial charge in [0.1, 0.15) is 11.2 Å². The molecule has 0 amide bonds. The minimum atomic E-state index is -0.748. The maximum absolute atomic E-state index is 11.8. The molecule has 0 saturated heterocycles. The number of benzene rings is 1. The van der Waals surface area contributed by atoms with E-state index in [1.54, 1.807) is 7.11 Å². The number of methoxy groups -OCH3 is 2. The SMILES string of the molecule is COC(=O)C1(c2nc(-c3ccccc3OC)no2)CC1. The molecule has 6 heteroatoms. The molecule has 104 valence electrons. The number of esters is 1. The van der Waals surface area contributed by atoms with Crippen LogP contribution in [0.25, 0.3) is 11.4 Å². The van der Waals surface area contributed by atoms with Crippen LogP contribution < -0.4 is 4.74 Å². The average Bonchev–Trinajstić information content (AvgIpc) is 3.17. The summed E-state index contributed by atoms with van der Waals surface area (Å²) >= 11 is 0. The van der Waals surface area contributed by atoms with Crippen LogP contribution in [0.1, 0.15) is 18.7 Å². The molecule has 0 atom stereocenters. The summed E-state index contributed by atoms with van der Waals surface area (Å²) in [6.07, 6.45) is 1.35. The second-order valence-electron chi connectivity index (χ2n) is 4.70.